The summed E-state index contributed by atoms with van der Waals surface area (Å²) < 4.78 is 46.8. The lowest BCUT2D eigenvalue weighted by atomic mass is 9.44. The average Bonchev–Trinajstić information content (AvgIpc) is 3.10. The van der Waals surface area contributed by atoms with Crippen molar-refractivity contribution in [3.05, 3.63) is 53.6 Å². The van der Waals surface area contributed by atoms with Crippen LogP contribution in [-0.4, -0.2) is 74.9 Å². The number of hydrogen-bond acceptors (Lipinski definition) is 8. The molecule has 0 unspecified atom stereocenters. The van der Waals surface area contributed by atoms with E-state index in [1.807, 2.05) is 0 Å². The number of hydrogen-bond donors (Lipinski definition) is 5. The standard InChI is InChI=1S/C22H29FO5.C7H6O5S/c1-12-8-16-15-5-4-13-9-14(25)6-7-19(13,2)21(15,23)17(26)10-20(16,3)22(12,28)18(27)11-24;8-7(9)5-3-1-2-4-6(5)13(10,11)12/h6-7,9,12,15-17,24,26,28H,4-5,8,10-11H2,1-3H3;1-4H,(H,8,9)(H,10,11,12)/t12-,15+,16+,17+,19+,20+,21+,22+;/m1./s1. The summed E-state index contributed by atoms with van der Waals surface area (Å²) in [6.45, 7) is 4.48. The number of ketones is 2. The van der Waals surface area contributed by atoms with Gasteiger partial charge in [-0.25, -0.2) is 9.18 Å². The third-order valence-corrected chi connectivity index (χ3v) is 11.1. The normalized spacial score (nSPS) is 39.4. The topological polar surface area (TPSA) is 186 Å². The monoisotopic (exact) mass is 594 g/mol. The molecule has 0 heterocycles. The van der Waals surface area contributed by atoms with Crippen LogP contribution in [0.3, 0.4) is 0 Å². The van der Waals surface area contributed by atoms with Crippen LogP contribution in [0.1, 0.15) is 56.8 Å². The number of aliphatic hydroxyl groups is 3. The third-order valence-electron chi connectivity index (χ3n) is 10.2. The van der Waals surface area contributed by atoms with Gasteiger partial charge in [-0.15, -0.1) is 0 Å². The lowest BCUT2D eigenvalue weighted by Gasteiger charge is -2.62. The van der Waals surface area contributed by atoms with Crippen molar-refractivity contribution in [2.45, 2.75) is 68.7 Å². The minimum atomic E-state index is -4.46. The van der Waals surface area contributed by atoms with Crippen LogP contribution in [0, 0.1) is 28.6 Å². The molecular weight excluding hydrogens is 559 g/mol. The highest BCUT2D eigenvalue weighted by Crippen LogP contribution is 2.70. The van der Waals surface area contributed by atoms with Crippen molar-refractivity contribution in [2.24, 2.45) is 28.6 Å². The molecule has 5 N–H and O–H groups in total. The van der Waals surface area contributed by atoms with E-state index in [0.29, 0.717) is 24.8 Å². The van der Waals surface area contributed by atoms with Crippen LogP contribution in [0.5, 0.6) is 0 Å². The molecule has 1 aromatic carbocycles. The fraction of sp³-hybridized carbons (Fsp3) is 0.552. The molecule has 0 spiro atoms. The van der Waals surface area contributed by atoms with E-state index < -0.39 is 79.0 Å². The molecule has 0 amide bonds. The Morgan fingerprint density at radius 1 is 1.15 bits per heavy atom. The summed E-state index contributed by atoms with van der Waals surface area (Å²) in [7, 11) is -4.46. The summed E-state index contributed by atoms with van der Waals surface area (Å²) in [4.78, 5) is 34.3. The zero-order valence-electron chi connectivity index (χ0n) is 22.9. The SMILES string of the molecule is C[C@@H]1C[C@H]2[C@@H]3CCC4=CC(=O)C=C[C@]4(C)[C@@]3(F)[C@@H](O)C[C@]2(C)[C@@]1(O)C(=O)CO.O=C(O)c1ccccc1S(=O)(=O)O. The number of carbonyl (C=O) groups excluding carboxylic acids is 2. The zero-order valence-corrected chi connectivity index (χ0v) is 23.8. The number of allylic oxidation sites excluding steroid dienone is 4. The van der Waals surface area contributed by atoms with Crippen LogP contribution in [0.4, 0.5) is 4.39 Å². The molecule has 4 aliphatic rings. The van der Waals surface area contributed by atoms with E-state index in [1.54, 1.807) is 26.8 Å². The number of carboxylic acid groups (broad SMARTS) is 1. The third kappa shape index (κ3) is 4.42. The molecule has 0 radical (unpaired) electrons. The predicted molar refractivity (Wildman–Crippen MR) is 143 cm³/mol. The maximum absolute atomic E-state index is 16.9. The number of fused-ring (bicyclic) bond motifs is 5. The Kier molecular flexibility index (Phi) is 7.75. The van der Waals surface area contributed by atoms with E-state index in [2.05, 4.69) is 0 Å². The van der Waals surface area contributed by atoms with Crippen LogP contribution >= 0.6 is 0 Å². The van der Waals surface area contributed by atoms with Crippen molar-refractivity contribution in [1.82, 2.24) is 0 Å². The first-order valence-corrected chi connectivity index (χ1v) is 14.8. The maximum Gasteiger partial charge on any atom is 0.337 e. The van der Waals surface area contributed by atoms with Gasteiger partial charge in [0.25, 0.3) is 10.1 Å². The van der Waals surface area contributed by atoms with Crippen LogP contribution in [-0.2, 0) is 19.7 Å². The molecule has 41 heavy (non-hydrogen) atoms. The number of carbonyl (C=O) groups is 3. The predicted octanol–water partition coefficient (Wildman–Crippen LogP) is 2.53. The van der Waals surface area contributed by atoms with E-state index in [4.69, 9.17) is 9.66 Å². The summed E-state index contributed by atoms with van der Waals surface area (Å²) >= 11 is 0. The summed E-state index contributed by atoms with van der Waals surface area (Å²) in [6.07, 6.45) is 4.44. The Labute approximate surface area is 237 Å². The molecular formula is C29H35FO10S. The van der Waals surface area contributed by atoms with Gasteiger partial charge >= 0.3 is 5.97 Å². The minimum absolute atomic E-state index is 0.0676. The van der Waals surface area contributed by atoms with Crippen molar-refractivity contribution >= 4 is 27.7 Å². The van der Waals surface area contributed by atoms with E-state index in [0.717, 1.165) is 12.1 Å². The van der Waals surface area contributed by atoms with Gasteiger partial charge in [0, 0.05) is 16.7 Å². The van der Waals surface area contributed by atoms with Gasteiger partial charge in [0.2, 0.25) is 0 Å². The maximum atomic E-state index is 16.9. The summed E-state index contributed by atoms with van der Waals surface area (Å²) in [5.74, 6) is -3.51. The summed E-state index contributed by atoms with van der Waals surface area (Å²) in [5.41, 5.74) is -5.61. The van der Waals surface area contributed by atoms with Crippen molar-refractivity contribution < 1.29 is 52.2 Å². The second kappa shape index (κ2) is 10.2. The second-order valence-corrected chi connectivity index (χ2v) is 13.4. The number of alkyl halides is 1. The smallest absolute Gasteiger partial charge is 0.337 e. The number of Topliss-reactive ketones (excluding diaryl/α,β-unsaturated/α-hetero) is 1. The Morgan fingerprint density at radius 2 is 1.78 bits per heavy atom. The van der Waals surface area contributed by atoms with Gasteiger partial charge < -0.3 is 20.4 Å². The van der Waals surface area contributed by atoms with Gasteiger partial charge in [-0.3, -0.25) is 14.1 Å². The van der Waals surface area contributed by atoms with E-state index in [-0.39, 0.29) is 18.1 Å². The van der Waals surface area contributed by atoms with Crippen molar-refractivity contribution in [1.29, 1.82) is 0 Å². The minimum Gasteiger partial charge on any atom is -0.478 e. The molecule has 0 aromatic heterocycles. The fourth-order valence-electron chi connectivity index (χ4n) is 8.13. The molecule has 0 aliphatic heterocycles. The van der Waals surface area contributed by atoms with E-state index in [9.17, 15) is 38.1 Å². The molecule has 8 atom stereocenters. The Morgan fingerprint density at radius 3 is 2.34 bits per heavy atom. The van der Waals surface area contributed by atoms with Gasteiger partial charge in [-0.2, -0.15) is 8.42 Å². The highest BCUT2D eigenvalue weighted by molar-refractivity contribution is 7.86. The molecule has 5 rings (SSSR count). The van der Waals surface area contributed by atoms with Crippen LogP contribution < -0.4 is 0 Å². The quantitative estimate of drug-likeness (QED) is 0.324. The molecule has 12 heteroatoms. The molecule has 224 valence electrons. The van der Waals surface area contributed by atoms with Gasteiger partial charge in [0.15, 0.2) is 17.2 Å². The molecule has 1 aromatic rings. The van der Waals surface area contributed by atoms with E-state index in [1.165, 1.54) is 24.3 Å². The molecule has 10 nitrogen and oxygen atoms in total. The van der Waals surface area contributed by atoms with Gasteiger partial charge in [-0.1, -0.05) is 37.6 Å². The molecule has 3 saturated carbocycles. The molecule has 4 aliphatic carbocycles. The highest BCUT2D eigenvalue weighted by Gasteiger charge is 2.75. The Hall–Kier alpha value is -2.77. The number of aromatic carboxylic acids is 1. The molecule has 0 saturated heterocycles. The Balaban J connectivity index is 0.000000251. The molecule has 0 bridgehead atoms. The average molecular weight is 595 g/mol. The highest BCUT2D eigenvalue weighted by atomic mass is 32.2. The van der Waals surface area contributed by atoms with Crippen LogP contribution in [0.25, 0.3) is 0 Å². The first kappa shape index (κ1) is 31.2. The number of aliphatic hydroxyl groups excluding tert-OH is 2. The van der Waals surface area contributed by atoms with Gasteiger partial charge in [-0.05, 0) is 68.7 Å². The first-order chi connectivity index (χ1) is 18.9. The zero-order chi connectivity index (χ0) is 30.8. The van der Waals surface area contributed by atoms with Crippen molar-refractivity contribution in [2.75, 3.05) is 6.61 Å². The van der Waals surface area contributed by atoms with E-state index >= 15 is 4.39 Å². The fourth-order valence-corrected chi connectivity index (χ4v) is 8.81. The second-order valence-electron chi connectivity index (χ2n) is 12.0. The van der Waals surface area contributed by atoms with Crippen LogP contribution in [0.2, 0.25) is 0 Å². The number of halogens is 1. The number of benzene rings is 1. The van der Waals surface area contributed by atoms with Gasteiger partial charge in [0.05, 0.1) is 11.7 Å². The lowest BCUT2D eigenvalue weighted by molar-refractivity contribution is -0.219. The first-order valence-electron chi connectivity index (χ1n) is 13.4. The largest absolute Gasteiger partial charge is 0.478 e. The molecule has 3 fully saturated rings. The lowest BCUT2D eigenvalue weighted by Crippen LogP contribution is -2.69. The summed E-state index contributed by atoms with van der Waals surface area (Å²) in [5, 5.41) is 40.5. The number of carboxylic acids is 1. The van der Waals surface area contributed by atoms with Crippen molar-refractivity contribution in [3.8, 4) is 0 Å². The van der Waals surface area contributed by atoms with Gasteiger partial charge in [0.1, 0.15) is 17.1 Å². The van der Waals surface area contributed by atoms with Crippen LogP contribution in [0.15, 0.2) is 53.0 Å². The van der Waals surface area contributed by atoms with Crippen molar-refractivity contribution in [3.63, 3.8) is 0 Å². The summed E-state index contributed by atoms with van der Waals surface area (Å²) in [6, 6.07) is 4.83. The Bertz CT molecular complexity index is 1450. The number of rotatable bonds is 4.